The average molecular weight is 464 g/mol. The van der Waals surface area contributed by atoms with E-state index in [2.05, 4.69) is 35.8 Å². The minimum atomic E-state index is -0.615. The number of carbonyl (C=O) groups excluding carboxylic acids is 1. The Balaban J connectivity index is 1.66. The largest absolute Gasteiger partial charge is 0.497 e. The molecule has 0 saturated carbocycles. The summed E-state index contributed by atoms with van der Waals surface area (Å²) in [5.74, 6) is 1.11. The molecule has 13 nitrogen and oxygen atoms in total. The van der Waals surface area contributed by atoms with E-state index < -0.39 is 5.91 Å². The summed E-state index contributed by atoms with van der Waals surface area (Å²) in [4.78, 5) is 13.0. The van der Waals surface area contributed by atoms with E-state index in [0.29, 0.717) is 34.1 Å². The second-order valence-corrected chi connectivity index (χ2v) is 6.72. The third kappa shape index (κ3) is 4.34. The van der Waals surface area contributed by atoms with E-state index >= 15 is 0 Å². The molecular weight excluding hydrogens is 444 g/mol. The van der Waals surface area contributed by atoms with Crippen molar-refractivity contribution in [3.8, 4) is 34.3 Å². The van der Waals surface area contributed by atoms with Gasteiger partial charge in [-0.05, 0) is 46.2 Å². The first-order valence-corrected chi connectivity index (χ1v) is 9.79. The van der Waals surface area contributed by atoms with Gasteiger partial charge in [-0.15, -0.1) is 5.10 Å². The molecule has 4 rings (SSSR count). The molecule has 0 radical (unpaired) electrons. The molecular formula is C21H20N8O5. The number of hydrogen-bond acceptors (Lipinski definition) is 11. The summed E-state index contributed by atoms with van der Waals surface area (Å²) in [5, 5.41) is 19.4. The number of methoxy groups -OCH3 is 3. The van der Waals surface area contributed by atoms with Gasteiger partial charge in [-0.25, -0.2) is 10.1 Å². The number of ether oxygens (including phenoxy) is 3. The number of nitrogens with one attached hydrogen (secondary N) is 1. The molecule has 0 aliphatic carbocycles. The van der Waals surface area contributed by atoms with Crippen molar-refractivity contribution in [2.75, 3.05) is 27.1 Å². The maximum absolute atomic E-state index is 13.0. The molecule has 2 aromatic carbocycles. The number of hydrogen-bond donors (Lipinski definition) is 2. The van der Waals surface area contributed by atoms with Gasteiger partial charge in [-0.1, -0.05) is 17.3 Å². The van der Waals surface area contributed by atoms with Gasteiger partial charge in [-0.3, -0.25) is 4.79 Å². The number of nitrogen functional groups attached to an aromatic ring is 1. The highest BCUT2D eigenvalue weighted by Crippen LogP contribution is 2.29. The standard InChI is InChI=1S/C21H20N8O5/c1-31-14-6-4-5-13(10-14)18-17(24-28-29(18)20-19(22)26-34-27-20)21(30)25-23-11-12-7-8-15(32-2)16(9-12)33-3/h4-11H,1-3H3,(H2,22,26)(H,25,30)/b23-11+. The van der Waals surface area contributed by atoms with Crippen molar-refractivity contribution in [3.05, 3.63) is 53.7 Å². The molecule has 1 amide bonds. The van der Waals surface area contributed by atoms with Crippen LogP contribution in [0.1, 0.15) is 16.1 Å². The minimum Gasteiger partial charge on any atom is -0.497 e. The summed E-state index contributed by atoms with van der Waals surface area (Å²) >= 11 is 0. The quantitative estimate of drug-likeness (QED) is 0.289. The fourth-order valence-corrected chi connectivity index (χ4v) is 3.10. The molecule has 0 spiro atoms. The molecule has 3 N–H and O–H groups in total. The predicted octanol–water partition coefficient (Wildman–Crippen LogP) is 1.69. The monoisotopic (exact) mass is 464 g/mol. The molecule has 2 heterocycles. The van der Waals surface area contributed by atoms with Crippen LogP contribution in [0.15, 0.2) is 52.2 Å². The molecule has 2 aromatic heterocycles. The van der Waals surface area contributed by atoms with E-state index in [9.17, 15) is 4.79 Å². The first kappa shape index (κ1) is 22.3. The number of aromatic nitrogens is 5. The summed E-state index contributed by atoms with van der Waals surface area (Å²) < 4.78 is 21.7. The number of carbonyl (C=O) groups is 1. The molecule has 0 aliphatic rings. The number of rotatable bonds is 8. The Morgan fingerprint density at radius 2 is 1.91 bits per heavy atom. The Labute approximate surface area is 193 Å². The lowest BCUT2D eigenvalue weighted by Gasteiger charge is -2.08. The lowest BCUT2D eigenvalue weighted by molar-refractivity contribution is 0.0950. The van der Waals surface area contributed by atoms with Gasteiger partial charge in [0.15, 0.2) is 17.2 Å². The fraction of sp³-hybridized carbons (Fsp3) is 0.143. The summed E-state index contributed by atoms with van der Waals surface area (Å²) in [7, 11) is 4.60. The van der Waals surface area contributed by atoms with E-state index in [-0.39, 0.29) is 17.3 Å². The van der Waals surface area contributed by atoms with Crippen molar-refractivity contribution in [3.63, 3.8) is 0 Å². The molecule has 0 bridgehead atoms. The Morgan fingerprint density at radius 3 is 2.62 bits per heavy atom. The third-order valence-corrected chi connectivity index (χ3v) is 4.71. The van der Waals surface area contributed by atoms with Crippen molar-refractivity contribution >= 4 is 17.9 Å². The van der Waals surface area contributed by atoms with Crippen molar-refractivity contribution in [2.45, 2.75) is 0 Å². The highest BCUT2D eigenvalue weighted by molar-refractivity contribution is 5.99. The molecule has 0 fully saturated rings. The summed E-state index contributed by atoms with van der Waals surface area (Å²) in [6.45, 7) is 0. The smallest absolute Gasteiger partial charge is 0.294 e. The van der Waals surface area contributed by atoms with Crippen LogP contribution in [0.2, 0.25) is 0 Å². The minimum absolute atomic E-state index is 0.0209. The van der Waals surface area contributed by atoms with Crippen LogP contribution in [0.25, 0.3) is 17.1 Å². The fourth-order valence-electron chi connectivity index (χ4n) is 3.10. The maximum atomic E-state index is 13.0. The van der Waals surface area contributed by atoms with Crippen molar-refractivity contribution in [1.82, 2.24) is 30.7 Å². The van der Waals surface area contributed by atoms with Crippen molar-refractivity contribution in [2.24, 2.45) is 5.10 Å². The first-order chi connectivity index (χ1) is 16.5. The summed E-state index contributed by atoms with van der Waals surface area (Å²) in [6.07, 6.45) is 1.45. The zero-order valence-electron chi connectivity index (χ0n) is 18.4. The molecule has 0 saturated heterocycles. The van der Waals surface area contributed by atoms with Gasteiger partial charge in [0.05, 0.1) is 27.5 Å². The maximum Gasteiger partial charge on any atom is 0.294 e. The second-order valence-electron chi connectivity index (χ2n) is 6.72. The van der Waals surface area contributed by atoms with Crippen LogP contribution in [0.5, 0.6) is 17.2 Å². The Kier molecular flexibility index (Phi) is 6.34. The number of anilines is 1. The molecule has 4 aromatic rings. The second kappa shape index (κ2) is 9.68. The molecule has 13 heteroatoms. The molecule has 0 unspecified atom stereocenters. The van der Waals surface area contributed by atoms with Gasteiger partial charge >= 0.3 is 0 Å². The van der Waals surface area contributed by atoms with Gasteiger partial charge in [0.1, 0.15) is 11.4 Å². The normalized spacial score (nSPS) is 10.9. The first-order valence-electron chi connectivity index (χ1n) is 9.79. The van der Waals surface area contributed by atoms with Crippen LogP contribution in [-0.2, 0) is 0 Å². The lowest BCUT2D eigenvalue weighted by Crippen LogP contribution is -2.19. The van der Waals surface area contributed by atoms with Crippen LogP contribution in [0.3, 0.4) is 0 Å². The SMILES string of the molecule is COc1cccc(-c2c(C(=O)N/N=C/c3ccc(OC)c(OC)c3)nnn2-c2nonc2N)c1. The van der Waals surface area contributed by atoms with Gasteiger partial charge in [-0.2, -0.15) is 9.78 Å². The number of nitrogens with two attached hydrogens (primary N) is 1. The number of hydrazone groups is 1. The van der Waals surface area contributed by atoms with Gasteiger partial charge in [0, 0.05) is 5.56 Å². The Bertz CT molecular complexity index is 1350. The molecule has 174 valence electrons. The average Bonchev–Trinajstić information content (AvgIpc) is 3.49. The highest BCUT2D eigenvalue weighted by Gasteiger charge is 2.25. The van der Waals surface area contributed by atoms with Crippen LogP contribution >= 0.6 is 0 Å². The van der Waals surface area contributed by atoms with Gasteiger partial charge < -0.3 is 19.9 Å². The predicted molar refractivity (Wildman–Crippen MR) is 120 cm³/mol. The molecule has 34 heavy (non-hydrogen) atoms. The van der Waals surface area contributed by atoms with Gasteiger partial charge in [0.25, 0.3) is 5.91 Å². The zero-order chi connectivity index (χ0) is 24.1. The zero-order valence-corrected chi connectivity index (χ0v) is 18.4. The van der Waals surface area contributed by atoms with E-state index in [1.54, 1.807) is 49.6 Å². The Morgan fingerprint density at radius 1 is 1.09 bits per heavy atom. The van der Waals surface area contributed by atoms with Crippen LogP contribution in [0, 0.1) is 0 Å². The third-order valence-electron chi connectivity index (χ3n) is 4.71. The van der Waals surface area contributed by atoms with Crippen molar-refractivity contribution in [1.29, 1.82) is 0 Å². The molecule has 0 atom stereocenters. The number of nitrogens with zero attached hydrogens (tertiary/aromatic N) is 6. The van der Waals surface area contributed by atoms with Crippen molar-refractivity contribution < 1.29 is 23.6 Å². The van der Waals surface area contributed by atoms with E-state index in [1.165, 1.54) is 25.1 Å². The lowest BCUT2D eigenvalue weighted by atomic mass is 10.1. The molecule has 0 aliphatic heterocycles. The van der Waals surface area contributed by atoms with E-state index in [0.717, 1.165) is 0 Å². The van der Waals surface area contributed by atoms with Crippen LogP contribution in [0.4, 0.5) is 5.82 Å². The Hall–Kier alpha value is -4.94. The van der Waals surface area contributed by atoms with Crippen LogP contribution in [-0.4, -0.2) is 58.8 Å². The highest BCUT2D eigenvalue weighted by atomic mass is 16.6. The topological polar surface area (TPSA) is 165 Å². The number of amides is 1. The van der Waals surface area contributed by atoms with E-state index in [4.69, 9.17) is 19.9 Å². The van der Waals surface area contributed by atoms with E-state index in [1.807, 2.05) is 0 Å². The van der Waals surface area contributed by atoms with Gasteiger partial charge in [0.2, 0.25) is 11.6 Å². The van der Waals surface area contributed by atoms with Crippen LogP contribution < -0.4 is 25.4 Å². The summed E-state index contributed by atoms with van der Waals surface area (Å²) in [6, 6.07) is 12.2. The summed E-state index contributed by atoms with van der Waals surface area (Å²) in [5.41, 5.74) is 9.78. The number of benzene rings is 2.